The highest BCUT2D eigenvalue weighted by molar-refractivity contribution is 5.84. The molecular formula is C12H10N2O4. The molecule has 0 N–H and O–H groups in total. The molecule has 0 aliphatic rings. The van der Waals surface area contributed by atoms with Crippen LogP contribution >= 0.6 is 0 Å². The molecule has 0 unspecified atom stereocenters. The average Bonchev–Trinajstić information content (AvgIpc) is 2.39. The van der Waals surface area contributed by atoms with Crippen molar-refractivity contribution in [3.8, 4) is 11.8 Å². The molecule has 1 aromatic carbocycles. The van der Waals surface area contributed by atoms with E-state index in [1.165, 1.54) is 24.3 Å². The summed E-state index contributed by atoms with van der Waals surface area (Å²) in [4.78, 5) is 20.7. The van der Waals surface area contributed by atoms with Crippen LogP contribution in [0, 0.1) is 21.4 Å². The molecule has 0 aliphatic heterocycles. The van der Waals surface area contributed by atoms with Gasteiger partial charge in [0.05, 0.1) is 11.0 Å². The van der Waals surface area contributed by atoms with E-state index in [1.54, 1.807) is 12.1 Å². The maximum Gasteiger partial charge on any atom is 0.335 e. The van der Waals surface area contributed by atoms with Gasteiger partial charge in [-0.3, -0.25) is 10.1 Å². The number of hydrogen-bond acceptors (Lipinski definition) is 5. The number of nitrogens with zero attached hydrogens (tertiary/aromatic N) is 2. The number of rotatable bonds is 3. The van der Waals surface area contributed by atoms with Crippen LogP contribution in [0.3, 0.4) is 0 Å². The van der Waals surface area contributed by atoms with Crippen molar-refractivity contribution in [2.24, 2.45) is 0 Å². The van der Waals surface area contributed by atoms with Gasteiger partial charge in [-0.05, 0) is 6.07 Å². The zero-order chi connectivity index (χ0) is 14.0. The van der Waals surface area contributed by atoms with E-state index in [-0.39, 0.29) is 11.4 Å². The summed E-state index contributed by atoms with van der Waals surface area (Å²) in [5.74, 6) is -0.804. The quantitative estimate of drug-likeness (QED) is 0.204. The smallest absolute Gasteiger partial charge is 0.335 e. The van der Waals surface area contributed by atoms with Gasteiger partial charge >= 0.3 is 11.7 Å². The zero-order valence-corrected chi connectivity index (χ0v) is 9.41. The van der Waals surface area contributed by atoms with Crippen LogP contribution < -0.4 is 4.74 Å². The van der Waals surface area contributed by atoms with Crippen molar-refractivity contribution in [3.05, 3.63) is 59.7 Å². The Morgan fingerprint density at radius 2 is 2.00 bits per heavy atom. The maximum atomic E-state index is 10.8. The molecule has 6 heteroatoms. The molecule has 6 nitrogen and oxygen atoms in total. The summed E-state index contributed by atoms with van der Waals surface area (Å²) in [5, 5.41) is 18.0. The standard InChI is InChI=1S/C9H7NO4.C3H3N/c1-2-9(11)14-8-6-4-3-5-7(8)10(12)13;1-2-3-4/h2-6H,1H2;2H,1H2. The molecule has 92 valence electrons. The van der Waals surface area contributed by atoms with Gasteiger partial charge in [0.25, 0.3) is 0 Å². The maximum absolute atomic E-state index is 10.8. The van der Waals surface area contributed by atoms with Gasteiger partial charge in [0.1, 0.15) is 0 Å². The summed E-state index contributed by atoms with van der Waals surface area (Å²) in [6.07, 6.45) is 2.12. The fourth-order valence-corrected chi connectivity index (χ4v) is 0.844. The molecule has 0 radical (unpaired) electrons. The Morgan fingerprint density at radius 3 is 2.44 bits per heavy atom. The molecule has 0 aliphatic carbocycles. The van der Waals surface area contributed by atoms with E-state index in [4.69, 9.17) is 5.26 Å². The van der Waals surface area contributed by atoms with Crippen LogP contribution in [-0.2, 0) is 4.79 Å². The number of nitro groups is 1. The van der Waals surface area contributed by atoms with Gasteiger partial charge < -0.3 is 4.74 Å². The van der Waals surface area contributed by atoms with Crippen LogP contribution in [0.4, 0.5) is 5.69 Å². The third-order valence-corrected chi connectivity index (χ3v) is 1.53. The minimum atomic E-state index is -0.723. The molecule has 0 spiro atoms. The highest BCUT2D eigenvalue weighted by Crippen LogP contribution is 2.25. The molecular weight excluding hydrogens is 236 g/mol. The number of benzene rings is 1. The van der Waals surface area contributed by atoms with Crippen molar-refractivity contribution < 1.29 is 14.5 Å². The Kier molecular flexibility index (Phi) is 6.89. The molecule has 0 amide bonds. The SMILES string of the molecule is C=CC#N.C=CC(=O)Oc1ccccc1[N+](=O)[O-]. The van der Waals surface area contributed by atoms with Gasteiger partial charge in [-0.25, -0.2) is 4.79 Å². The molecule has 0 fully saturated rings. The molecule has 0 heterocycles. The lowest BCUT2D eigenvalue weighted by atomic mass is 10.3. The Bertz CT molecular complexity index is 503. The Morgan fingerprint density at radius 1 is 1.44 bits per heavy atom. The number of ether oxygens (including phenoxy) is 1. The number of esters is 1. The van der Waals surface area contributed by atoms with Crippen LogP contribution in [-0.4, -0.2) is 10.9 Å². The normalized spacial score (nSPS) is 7.94. The van der Waals surface area contributed by atoms with Crippen molar-refractivity contribution in [1.82, 2.24) is 0 Å². The number of hydrogen-bond donors (Lipinski definition) is 0. The third-order valence-electron chi connectivity index (χ3n) is 1.53. The summed E-state index contributed by atoms with van der Waals surface area (Å²) in [5.41, 5.74) is -0.247. The van der Waals surface area contributed by atoms with Gasteiger partial charge in [0, 0.05) is 18.2 Å². The fraction of sp³-hybridized carbons (Fsp3) is 0. The second-order valence-electron chi connectivity index (χ2n) is 2.68. The van der Waals surface area contributed by atoms with Crippen molar-refractivity contribution in [2.75, 3.05) is 0 Å². The van der Waals surface area contributed by atoms with E-state index in [0.29, 0.717) is 0 Å². The van der Waals surface area contributed by atoms with Gasteiger partial charge in [0.2, 0.25) is 5.75 Å². The largest absolute Gasteiger partial charge is 0.416 e. The number of carbonyl (C=O) groups excluding carboxylic acids is 1. The minimum Gasteiger partial charge on any atom is -0.416 e. The summed E-state index contributed by atoms with van der Waals surface area (Å²) in [6, 6.07) is 7.33. The molecule has 0 bridgehead atoms. The summed E-state index contributed by atoms with van der Waals surface area (Å²) in [7, 11) is 0. The Labute approximate surface area is 104 Å². The van der Waals surface area contributed by atoms with E-state index in [2.05, 4.69) is 17.9 Å². The van der Waals surface area contributed by atoms with E-state index in [1.807, 2.05) is 0 Å². The lowest BCUT2D eigenvalue weighted by Crippen LogP contribution is -2.05. The monoisotopic (exact) mass is 246 g/mol. The van der Waals surface area contributed by atoms with E-state index in [9.17, 15) is 14.9 Å². The predicted molar refractivity (Wildman–Crippen MR) is 64.7 cm³/mol. The van der Waals surface area contributed by atoms with Crippen LogP contribution in [0.15, 0.2) is 49.6 Å². The molecule has 1 rings (SSSR count). The summed E-state index contributed by atoms with van der Waals surface area (Å²) >= 11 is 0. The molecule has 1 aromatic rings. The lowest BCUT2D eigenvalue weighted by Gasteiger charge is -2.00. The highest BCUT2D eigenvalue weighted by Gasteiger charge is 2.15. The highest BCUT2D eigenvalue weighted by atomic mass is 16.6. The average molecular weight is 246 g/mol. The van der Waals surface area contributed by atoms with Gasteiger partial charge in [-0.2, -0.15) is 5.26 Å². The molecule has 18 heavy (non-hydrogen) atoms. The molecule has 0 saturated heterocycles. The predicted octanol–water partition coefficient (Wildman–Crippen LogP) is 2.38. The van der Waals surface area contributed by atoms with Gasteiger partial charge in [-0.15, -0.1) is 0 Å². The van der Waals surface area contributed by atoms with Crippen LogP contribution in [0.5, 0.6) is 5.75 Å². The van der Waals surface area contributed by atoms with Crippen molar-refractivity contribution in [3.63, 3.8) is 0 Å². The second kappa shape index (κ2) is 8.24. The molecule has 0 saturated carbocycles. The number of allylic oxidation sites excluding steroid dienone is 1. The molecule has 0 atom stereocenters. The number of carbonyl (C=O) groups is 1. The second-order valence-corrected chi connectivity index (χ2v) is 2.68. The number of nitro benzene ring substituents is 1. The van der Waals surface area contributed by atoms with E-state index in [0.717, 1.165) is 6.08 Å². The minimum absolute atomic E-state index is 0.0811. The van der Waals surface area contributed by atoms with Crippen LogP contribution in [0.1, 0.15) is 0 Å². The first-order valence-corrected chi connectivity index (χ1v) is 4.65. The van der Waals surface area contributed by atoms with Gasteiger partial charge in [0.15, 0.2) is 0 Å². The van der Waals surface area contributed by atoms with E-state index >= 15 is 0 Å². The third kappa shape index (κ3) is 5.23. The first kappa shape index (κ1) is 15.1. The number of nitriles is 1. The Balaban J connectivity index is 0.000000631. The Hall–Kier alpha value is -2.94. The van der Waals surface area contributed by atoms with Gasteiger partial charge in [-0.1, -0.05) is 25.3 Å². The summed E-state index contributed by atoms with van der Waals surface area (Å²) in [6.45, 7) is 6.30. The van der Waals surface area contributed by atoms with Crippen LogP contribution in [0.2, 0.25) is 0 Å². The lowest BCUT2D eigenvalue weighted by molar-refractivity contribution is -0.385. The number of para-hydroxylation sites is 2. The van der Waals surface area contributed by atoms with Crippen molar-refractivity contribution >= 4 is 11.7 Å². The van der Waals surface area contributed by atoms with Crippen molar-refractivity contribution in [1.29, 1.82) is 5.26 Å². The topological polar surface area (TPSA) is 93.2 Å². The van der Waals surface area contributed by atoms with Crippen molar-refractivity contribution in [2.45, 2.75) is 0 Å². The summed E-state index contributed by atoms with van der Waals surface area (Å²) < 4.78 is 4.66. The van der Waals surface area contributed by atoms with E-state index < -0.39 is 10.9 Å². The first-order valence-electron chi connectivity index (χ1n) is 4.65. The zero-order valence-electron chi connectivity index (χ0n) is 9.41. The van der Waals surface area contributed by atoms with Crippen LogP contribution in [0.25, 0.3) is 0 Å². The molecule has 0 aromatic heterocycles. The fourth-order valence-electron chi connectivity index (χ4n) is 0.844. The first-order chi connectivity index (χ1) is 8.56.